The zero-order valence-corrected chi connectivity index (χ0v) is 15.6. The summed E-state index contributed by atoms with van der Waals surface area (Å²) in [6, 6.07) is 10.4. The van der Waals surface area contributed by atoms with Crippen molar-refractivity contribution in [3.05, 3.63) is 52.5 Å². The first-order valence-corrected chi connectivity index (χ1v) is 8.39. The standard InChI is InChI=1S/C19H21ClN2O4/c1-12-6-4-5-7-13(12)19(24)21-9-8-18(23)22-15-11-16(25-2)14(20)10-17(15)26-3/h4-7,10-11H,8-9H2,1-3H3,(H,21,24)(H,22,23). The highest BCUT2D eigenvalue weighted by Crippen LogP contribution is 2.35. The summed E-state index contributed by atoms with van der Waals surface area (Å²) in [6.45, 7) is 2.08. The number of rotatable bonds is 7. The van der Waals surface area contributed by atoms with Crippen molar-refractivity contribution >= 4 is 29.1 Å². The smallest absolute Gasteiger partial charge is 0.251 e. The number of carbonyl (C=O) groups excluding carboxylic acids is 2. The molecule has 2 amide bonds. The Morgan fingerprint density at radius 3 is 2.42 bits per heavy atom. The molecule has 2 N–H and O–H groups in total. The average Bonchev–Trinajstić information content (AvgIpc) is 2.63. The molecule has 2 aromatic carbocycles. The molecule has 0 atom stereocenters. The largest absolute Gasteiger partial charge is 0.495 e. The van der Waals surface area contributed by atoms with Crippen LogP contribution in [0.15, 0.2) is 36.4 Å². The number of nitrogens with one attached hydrogen (secondary N) is 2. The van der Waals surface area contributed by atoms with Crippen molar-refractivity contribution in [2.75, 3.05) is 26.1 Å². The zero-order valence-electron chi connectivity index (χ0n) is 14.9. The molecule has 2 aromatic rings. The molecule has 0 aliphatic rings. The number of hydrogen-bond donors (Lipinski definition) is 2. The second-order valence-electron chi connectivity index (χ2n) is 5.56. The lowest BCUT2D eigenvalue weighted by Crippen LogP contribution is -2.28. The first-order chi connectivity index (χ1) is 12.5. The van der Waals surface area contributed by atoms with Crippen molar-refractivity contribution < 1.29 is 19.1 Å². The van der Waals surface area contributed by atoms with E-state index in [9.17, 15) is 9.59 Å². The predicted molar refractivity (Wildman–Crippen MR) is 101 cm³/mol. The SMILES string of the molecule is COc1cc(NC(=O)CCNC(=O)c2ccccc2C)c(OC)cc1Cl. The lowest BCUT2D eigenvalue weighted by atomic mass is 10.1. The number of amides is 2. The summed E-state index contributed by atoms with van der Waals surface area (Å²) in [5, 5.41) is 5.86. The van der Waals surface area contributed by atoms with E-state index in [2.05, 4.69) is 10.6 Å². The van der Waals surface area contributed by atoms with Crippen LogP contribution in [0.3, 0.4) is 0 Å². The van der Waals surface area contributed by atoms with Gasteiger partial charge in [0, 0.05) is 30.7 Å². The third-order valence-electron chi connectivity index (χ3n) is 3.78. The lowest BCUT2D eigenvalue weighted by molar-refractivity contribution is -0.116. The molecule has 0 aromatic heterocycles. The number of benzene rings is 2. The quantitative estimate of drug-likeness (QED) is 0.776. The average molecular weight is 377 g/mol. The Morgan fingerprint density at radius 2 is 1.77 bits per heavy atom. The molecule has 0 aliphatic carbocycles. The van der Waals surface area contributed by atoms with Gasteiger partial charge in [-0.25, -0.2) is 0 Å². The molecule has 7 heteroatoms. The van der Waals surface area contributed by atoms with Gasteiger partial charge < -0.3 is 20.1 Å². The highest BCUT2D eigenvalue weighted by atomic mass is 35.5. The van der Waals surface area contributed by atoms with E-state index in [0.29, 0.717) is 27.8 Å². The van der Waals surface area contributed by atoms with E-state index in [4.69, 9.17) is 21.1 Å². The van der Waals surface area contributed by atoms with Crippen LogP contribution in [0, 0.1) is 6.92 Å². The number of halogens is 1. The first-order valence-electron chi connectivity index (χ1n) is 8.01. The van der Waals surface area contributed by atoms with E-state index < -0.39 is 0 Å². The van der Waals surface area contributed by atoms with Gasteiger partial charge in [0.15, 0.2) is 0 Å². The molecule has 0 saturated carbocycles. The molecule has 0 heterocycles. The van der Waals surface area contributed by atoms with Crippen molar-refractivity contribution in [3.8, 4) is 11.5 Å². The summed E-state index contributed by atoms with van der Waals surface area (Å²) in [6.07, 6.45) is 0.117. The minimum Gasteiger partial charge on any atom is -0.495 e. The maximum Gasteiger partial charge on any atom is 0.251 e. The van der Waals surface area contributed by atoms with E-state index in [-0.39, 0.29) is 24.8 Å². The summed E-state index contributed by atoms with van der Waals surface area (Å²) >= 11 is 6.04. The predicted octanol–water partition coefficient (Wildman–Crippen LogP) is 3.42. The molecule has 0 unspecified atom stereocenters. The number of hydrogen-bond acceptors (Lipinski definition) is 4. The van der Waals surface area contributed by atoms with Crippen molar-refractivity contribution in [2.24, 2.45) is 0 Å². The molecular weight excluding hydrogens is 356 g/mol. The Labute approximate surface area is 157 Å². The van der Waals surface area contributed by atoms with Crippen molar-refractivity contribution in [2.45, 2.75) is 13.3 Å². The van der Waals surface area contributed by atoms with Gasteiger partial charge in [-0.1, -0.05) is 29.8 Å². The fourth-order valence-corrected chi connectivity index (χ4v) is 2.61. The molecule has 0 aliphatic heterocycles. The monoisotopic (exact) mass is 376 g/mol. The minimum absolute atomic E-state index is 0.117. The molecule has 0 saturated heterocycles. The van der Waals surface area contributed by atoms with Crippen LogP contribution < -0.4 is 20.1 Å². The van der Waals surface area contributed by atoms with Crippen LogP contribution >= 0.6 is 11.6 Å². The van der Waals surface area contributed by atoms with E-state index in [1.165, 1.54) is 14.2 Å². The van der Waals surface area contributed by atoms with Crippen molar-refractivity contribution in [3.63, 3.8) is 0 Å². The highest BCUT2D eigenvalue weighted by molar-refractivity contribution is 6.32. The molecule has 0 spiro atoms. The van der Waals surface area contributed by atoms with Gasteiger partial charge in [-0.2, -0.15) is 0 Å². The Kier molecular flexibility index (Phi) is 6.86. The van der Waals surface area contributed by atoms with Gasteiger partial charge in [-0.15, -0.1) is 0 Å². The van der Waals surface area contributed by atoms with Gasteiger partial charge in [-0.3, -0.25) is 9.59 Å². The summed E-state index contributed by atoms with van der Waals surface area (Å²) in [5.41, 5.74) is 1.92. The van der Waals surface area contributed by atoms with Crippen LogP contribution in [0.2, 0.25) is 5.02 Å². The molecular formula is C19H21ClN2O4. The second-order valence-corrected chi connectivity index (χ2v) is 5.96. The van der Waals surface area contributed by atoms with Gasteiger partial charge in [-0.05, 0) is 18.6 Å². The van der Waals surface area contributed by atoms with Gasteiger partial charge in [0.05, 0.1) is 24.9 Å². The maximum absolute atomic E-state index is 12.2. The Bertz CT molecular complexity index is 808. The highest BCUT2D eigenvalue weighted by Gasteiger charge is 2.13. The van der Waals surface area contributed by atoms with Gasteiger partial charge in [0.1, 0.15) is 11.5 Å². The minimum atomic E-state index is -0.266. The van der Waals surface area contributed by atoms with E-state index in [1.54, 1.807) is 24.3 Å². The number of ether oxygens (including phenoxy) is 2. The Morgan fingerprint density at radius 1 is 1.08 bits per heavy atom. The Hall–Kier alpha value is -2.73. The first kappa shape index (κ1) is 19.6. The molecule has 0 bridgehead atoms. The third-order valence-corrected chi connectivity index (χ3v) is 4.07. The maximum atomic E-state index is 12.2. The van der Waals surface area contributed by atoms with Crippen LogP contribution in [0.5, 0.6) is 11.5 Å². The molecule has 26 heavy (non-hydrogen) atoms. The fraction of sp³-hybridized carbons (Fsp3) is 0.263. The van der Waals surface area contributed by atoms with Crippen LogP contribution in [-0.4, -0.2) is 32.6 Å². The van der Waals surface area contributed by atoms with Gasteiger partial charge >= 0.3 is 0 Å². The van der Waals surface area contributed by atoms with E-state index >= 15 is 0 Å². The van der Waals surface area contributed by atoms with Crippen molar-refractivity contribution in [1.82, 2.24) is 5.32 Å². The topological polar surface area (TPSA) is 76.7 Å². The summed E-state index contributed by atoms with van der Waals surface area (Å²) < 4.78 is 10.4. The van der Waals surface area contributed by atoms with Crippen LogP contribution in [0.4, 0.5) is 5.69 Å². The van der Waals surface area contributed by atoms with Crippen LogP contribution in [0.25, 0.3) is 0 Å². The summed E-state index contributed by atoms with van der Waals surface area (Å²) in [7, 11) is 2.97. The molecule has 0 fully saturated rings. The number of methoxy groups -OCH3 is 2. The molecule has 0 radical (unpaired) electrons. The third kappa shape index (κ3) is 4.89. The van der Waals surface area contributed by atoms with Crippen LogP contribution in [0.1, 0.15) is 22.3 Å². The molecule has 138 valence electrons. The number of anilines is 1. The number of aryl methyl sites for hydroxylation is 1. The molecule has 2 rings (SSSR count). The normalized spacial score (nSPS) is 10.2. The molecule has 6 nitrogen and oxygen atoms in total. The number of carbonyl (C=O) groups is 2. The van der Waals surface area contributed by atoms with Gasteiger partial charge in [0.2, 0.25) is 5.91 Å². The van der Waals surface area contributed by atoms with E-state index in [1.807, 2.05) is 19.1 Å². The van der Waals surface area contributed by atoms with Crippen molar-refractivity contribution in [1.29, 1.82) is 0 Å². The Balaban J connectivity index is 1.93. The second kappa shape index (κ2) is 9.10. The summed E-state index contributed by atoms with van der Waals surface area (Å²) in [5.74, 6) is 0.378. The lowest BCUT2D eigenvalue weighted by Gasteiger charge is -2.13. The fourth-order valence-electron chi connectivity index (χ4n) is 2.38. The van der Waals surface area contributed by atoms with Crippen LogP contribution in [-0.2, 0) is 4.79 Å². The zero-order chi connectivity index (χ0) is 19.1. The van der Waals surface area contributed by atoms with E-state index in [0.717, 1.165) is 5.56 Å². The van der Waals surface area contributed by atoms with Gasteiger partial charge in [0.25, 0.3) is 5.91 Å². The summed E-state index contributed by atoms with van der Waals surface area (Å²) in [4.78, 5) is 24.3.